The Morgan fingerprint density at radius 2 is 2.27 bits per heavy atom. The molecule has 0 radical (unpaired) electrons. The van der Waals surface area contributed by atoms with Crippen molar-refractivity contribution in [2.45, 2.75) is 32.6 Å². The summed E-state index contributed by atoms with van der Waals surface area (Å²) >= 11 is 0. The number of anilines is 2. The maximum atomic E-state index is 3.47. The summed E-state index contributed by atoms with van der Waals surface area (Å²) in [7, 11) is 0. The largest absolute Gasteiger partial charge is 0.385 e. The highest BCUT2D eigenvalue weighted by atomic mass is 14.9. The zero-order chi connectivity index (χ0) is 10.5. The molecule has 1 aromatic rings. The van der Waals surface area contributed by atoms with Gasteiger partial charge in [0.1, 0.15) is 0 Å². The molecule has 82 valence electrons. The molecule has 0 saturated heterocycles. The monoisotopic (exact) mass is 204 g/mol. The van der Waals surface area contributed by atoms with E-state index in [0.29, 0.717) is 0 Å². The van der Waals surface area contributed by atoms with Crippen LogP contribution in [0.3, 0.4) is 0 Å². The topological polar surface area (TPSA) is 24.1 Å². The molecule has 0 aliphatic carbocycles. The highest BCUT2D eigenvalue weighted by Crippen LogP contribution is 2.25. The van der Waals surface area contributed by atoms with Gasteiger partial charge < -0.3 is 10.6 Å². The molecule has 2 N–H and O–H groups in total. The molecular formula is C13H20N2. The van der Waals surface area contributed by atoms with Crippen molar-refractivity contribution >= 4 is 11.4 Å². The molecule has 0 spiro atoms. The van der Waals surface area contributed by atoms with Crippen molar-refractivity contribution in [3.8, 4) is 0 Å². The van der Waals surface area contributed by atoms with Crippen molar-refractivity contribution in [2.75, 3.05) is 23.7 Å². The summed E-state index contributed by atoms with van der Waals surface area (Å²) in [6.45, 7) is 4.42. The van der Waals surface area contributed by atoms with Crippen LogP contribution in [-0.4, -0.2) is 13.1 Å². The summed E-state index contributed by atoms with van der Waals surface area (Å²) in [5.74, 6) is 0. The van der Waals surface area contributed by atoms with Crippen LogP contribution < -0.4 is 10.6 Å². The third kappa shape index (κ3) is 2.65. The van der Waals surface area contributed by atoms with Crippen LogP contribution >= 0.6 is 0 Å². The van der Waals surface area contributed by atoms with E-state index in [1.54, 1.807) is 0 Å². The smallest absolute Gasteiger partial charge is 0.0394 e. The van der Waals surface area contributed by atoms with Crippen molar-refractivity contribution in [1.82, 2.24) is 0 Å². The van der Waals surface area contributed by atoms with Gasteiger partial charge in [-0.1, -0.05) is 25.8 Å². The summed E-state index contributed by atoms with van der Waals surface area (Å²) in [5, 5.41) is 6.87. The minimum absolute atomic E-state index is 1.09. The van der Waals surface area contributed by atoms with E-state index < -0.39 is 0 Å². The predicted molar refractivity (Wildman–Crippen MR) is 66.7 cm³/mol. The first kappa shape index (κ1) is 10.3. The highest BCUT2D eigenvalue weighted by Gasteiger charge is 2.09. The Balaban J connectivity index is 1.87. The molecule has 15 heavy (non-hydrogen) atoms. The van der Waals surface area contributed by atoms with Crippen LogP contribution in [-0.2, 0) is 6.42 Å². The van der Waals surface area contributed by atoms with Crippen LogP contribution in [0.1, 0.15) is 31.7 Å². The summed E-state index contributed by atoms with van der Waals surface area (Å²) in [6, 6.07) is 6.66. The van der Waals surface area contributed by atoms with Crippen molar-refractivity contribution in [2.24, 2.45) is 0 Å². The lowest BCUT2D eigenvalue weighted by Gasteiger charge is -2.08. The second kappa shape index (κ2) is 5.06. The molecule has 1 aromatic carbocycles. The van der Waals surface area contributed by atoms with Crippen molar-refractivity contribution in [1.29, 1.82) is 0 Å². The number of benzene rings is 1. The highest BCUT2D eigenvalue weighted by molar-refractivity contribution is 5.63. The first-order valence-electron chi connectivity index (χ1n) is 6.01. The molecule has 1 aliphatic rings. The first-order valence-corrected chi connectivity index (χ1v) is 6.01. The molecule has 0 unspecified atom stereocenters. The van der Waals surface area contributed by atoms with Gasteiger partial charge in [-0.05, 0) is 30.5 Å². The summed E-state index contributed by atoms with van der Waals surface area (Å²) < 4.78 is 0. The number of nitrogens with one attached hydrogen (secondary N) is 2. The Morgan fingerprint density at radius 1 is 1.33 bits per heavy atom. The average Bonchev–Trinajstić information content (AvgIpc) is 2.71. The van der Waals surface area contributed by atoms with E-state index in [4.69, 9.17) is 0 Å². The van der Waals surface area contributed by atoms with Gasteiger partial charge in [0.15, 0.2) is 0 Å². The Kier molecular flexibility index (Phi) is 3.49. The zero-order valence-electron chi connectivity index (χ0n) is 9.47. The zero-order valence-corrected chi connectivity index (χ0v) is 9.47. The van der Waals surface area contributed by atoms with Gasteiger partial charge in [-0.25, -0.2) is 0 Å². The molecule has 2 heteroatoms. The number of fused-ring (bicyclic) bond motifs is 1. The van der Waals surface area contributed by atoms with Gasteiger partial charge in [-0.3, -0.25) is 0 Å². The predicted octanol–water partition coefficient (Wildman–Crippen LogP) is 3.26. The average molecular weight is 204 g/mol. The van der Waals surface area contributed by atoms with Gasteiger partial charge in [-0.15, -0.1) is 0 Å². The molecule has 0 aromatic heterocycles. The maximum Gasteiger partial charge on any atom is 0.0394 e. The van der Waals surface area contributed by atoms with Gasteiger partial charge >= 0.3 is 0 Å². The van der Waals surface area contributed by atoms with Gasteiger partial charge in [0.05, 0.1) is 0 Å². The Hall–Kier alpha value is -1.18. The van der Waals surface area contributed by atoms with Crippen LogP contribution in [0.4, 0.5) is 11.4 Å². The van der Waals surface area contributed by atoms with Gasteiger partial charge in [0.25, 0.3) is 0 Å². The number of unbranched alkanes of at least 4 members (excludes halogenated alkanes) is 2. The second-order valence-corrected chi connectivity index (χ2v) is 4.18. The fourth-order valence-corrected chi connectivity index (χ4v) is 2.01. The molecule has 0 amide bonds. The number of hydrogen-bond acceptors (Lipinski definition) is 2. The molecule has 2 rings (SSSR count). The Morgan fingerprint density at radius 3 is 3.13 bits per heavy atom. The molecule has 0 fully saturated rings. The van der Waals surface area contributed by atoms with Crippen molar-refractivity contribution in [3.63, 3.8) is 0 Å². The maximum absolute atomic E-state index is 3.47. The summed E-state index contributed by atoms with van der Waals surface area (Å²) in [4.78, 5) is 0. The SMILES string of the molecule is CCCCCNc1ccc2c(c1)NCC2. The molecule has 0 bridgehead atoms. The third-order valence-corrected chi connectivity index (χ3v) is 2.93. The van der Waals surface area contributed by atoms with Crippen LogP contribution in [0, 0.1) is 0 Å². The number of hydrogen-bond donors (Lipinski definition) is 2. The van der Waals surface area contributed by atoms with Crippen LogP contribution in [0.5, 0.6) is 0 Å². The molecule has 2 nitrogen and oxygen atoms in total. The molecular weight excluding hydrogens is 184 g/mol. The van der Waals surface area contributed by atoms with E-state index >= 15 is 0 Å². The van der Waals surface area contributed by atoms with Crippen molar-refractivity contribution < 1.29 is 0 Å². The lowest BCUT2D eigenvalue weighted by Crippen LogP contribution is -2.01. The molecule has 0 saturated carbocycles. The summed E-state index contributed by atoms with van der Waals surface area (Å²) in [6.07, 6.45) is 5.04. The standard InChI is InChI=1S/C13H20N2/c1-2-3-4-8-14-12-6-5-11-7-9-15-13(11)10-12/h5-6,10,14-15H,2-4,7-9H2,1H3. The van der Waals surface area contributed by atoms with E-state index in [2.05, 4.69) is 35.8 Å². The Labute approximate surface area is 92.1 Å². The van der Waals surface area contributed by atoms with Crippen LogP contribution in [0.15, 0.2) is 18.2 Å². The normalized spacial score (nSPS) is 13.4. The van der Waals surface area contributed by atoms with Gasteiger partial charge in [0.2, 0.25) is 0 Å². The van der Waals surface area contributed by atoms with E-state index in [9.17, 15) is 0 Å². The molecule has 1 heterocycles. The molecule has 0 atom stereocenters. The Bertz CT molecular complexity index is 320. The quantitative estimate of drug-likeness (QED) is 0.719. The van der Waals surface area contributed by atoms with Gasteiger partial charge in [-0.2, -0.15) is 0 Å². The number of rotatable bonds is 5. The first-order chi connectivity index (χ1) is 7.40. The van der Waals surface area contributed by atoms with E-state index in [1.165, 1.54) is 42.6 Å². The molecule has 1 aliphatic heterocycles. The fourth-order valence-electron chi connectivity index (χ4n) is 2.01. The fraction of sp³-hybridized carbons (Fsp3) is 0.538. The van der Waals surface area contributed by atoms with E-state index in [1.807, 2.05) is 0 Å². The minimum Gasteiger partial charge on any atom is -0.385 e. The summed E-state index contributed by atoms with van der Waals surface area (Å²) in [5.41, 5.74) is 4.02. The lowest BCUT2D eigenvalue weighted by molar-refractivity contribution is 0.744. The van der Waals surface area contributed by atoms with Crippen LogP contribution in [0.25, 0.3) is 0 Å². The minimum atomic E-state index is 1.09. The lowest BCUT2D eigenvalue weighted by atomic mass is 10.1. The van der Waals surface area contributed by atoms with E-state index in [0.717, 1.165) is 13.1 Å². The van der Waals surface area contributed by atoms with E-state index in [-0.39, 0.29) is 0 Å². The van der Waals surface area contributed by atoms with Crippen LogP contribution in [0.2, 0.25) is 0 Å². The van der Waals surface area contributed by atoms with Gasteiger partial charge in [0, 0.05) is 24.5 Å². The third-order valence-electron chi connectivity index (χ3n) is 2.93. The van der Waals surface area contributed by atoms with Crippen molar-refractivity contribution in [3.05, 3.63) is 23.8 Å². The second-order valence-electron chi connectivity index (χ2n) is 4.18.